The van der Waals surface area contributed by atoms with Gasteiger partial charge in [0.1, 0.15) is 0 Å². The molecule has 0 fully saturated rings. The van der Waals surface area contributed by atoms with E-state index in [-0.39, 0.29) is 5.17 Å². The molecular formula is C3H5ClN4O3S. The second kappa shape index (κ2) is 2.90. The first-order chi connectivity index (χ1) is 5.39. The summed E-state index contributed by atoms with van der Waals surface area (Å²) in [4.78, 5) is 0. The van der Waals surface area contributed by atoms with Crippen LogP contribution >= 0.6 is 11.6 Å². The van der Waals surface area contributed by atoms with Crippen LogP contribution in [0.15, 0.2) is 16.2 Å². The lowest BCUT2D eigenvalue weighted by Gasteiger charge is -2.18. The molecule has 0 amide bonds. The first-order valence-electron chi connectivity index (χ1n) is 2.64. The van der Waals surface area contributed by atoms with Gasteiger partial charge in [0.15, 0.2) is 10.2 Å². The zero-order chi connectivity index (χ0) is 9.35. The first-order valence-corrected chi connectivity index (χ1v) is 4.46. The van der Waals surface area contributed by atoms with Crippen LogP contribution in [0.1, 0.15) is 0 Å². The van der Waals surface area contributed by atoms with Crippen molar-refractivity contribution in [3.8, 4) is 0 Å². The second-order valence-electron chi connectivity index (χ2n) is 1.86. The van der Waals surface area contributed by atoms with Crippen molar-refractivity contribution < 1.29 is 13.0 Å². The van der Waals surface area contributed by atoms with E-state index in [0.717, 1.165) is 6.08 Å². The van der Waals surface area contributed by atoms with E-state index >= 15 is 0 Å². The van der Waals surface area contributed by atoms with Crippen molar-refractivity contribution in [1.29, 1.82) is 0 Å². The minimum absolute atomic E-state index is 0.149. The van der Waals surface area contributed by atoms with Gasteiger partial charge in [-0.25, -0.2) is 5.84 Å². The summed E-state index contributed by atoms with van der Waals surface area (Å²) >= 11 is 5.35. The third kappa shape index (κ3) is 2.08. The van der Waals surface area contributed by atoms with Crippen molar-refractivity contribution in [2.24, 2.45) is 10.9 Å². The van der Waals surface area contributed by atoms with Crippen molar-refractivity contribution in [1.82, 2.24) is 10.7 Å². The van der Waals surface area contributed by atoms with Gasteiger partial charge in [-0.1, -0.05) is 11.6 Å². The molecule has 1 aliphatic heterocycles. The fourth-order valence-corrected chi connectivity index (χ4v) is 1.27. The molecule has 68 valence electrons. The Kier molecular flexibility index (Phi) is 2.24. The average Bonchev–Trinajstić information content (AvgIpc) is 1.82. The highest BCUT2D eigenvalue weighted by Gasteiger charge is 2.19. The number of halogens is 1. The van der Waals surface area contributed by atoms with Crippen molar-refractivity contribution >= 4 is 26.9 Å². The van der Waals surface area contributed by atoms with Crippen LogP contribution in [0, 0.1) is 0 Å². The molecule has 0 aromatic rings. The Morgan fingerprint density at radius 3 is 2.75 bits per heavy atom. The fraction of sp³-hybridized carbons (Fsp3) is 0. The Balaban J connectivity index is 3.04. The van der Waals surface area contributed by atoms with Crippen LogP contribution in [0.25, 0.3) is 0 Å². The Morgan fingerprint density at radius 1 is 1.75 bits per heavy atom. The van der Waals surface area contributed by atoms with E-state index < -0.39 is 15.1 Å². The Morgan fingerprint density at radius 2 is 2.33 bits per heavy atom. The molecule has 0 saturated heterocycles. The van der Waals surface area contributed by atoms with Crippen LogP contribution in [-0.4, -0.2) is 23.4 Å². The predicted molar refractivity (Wildman–Crippen MR) is 42.1 cm³/mol. The molecule has 0 bridgehead atoms. The van der Waals surface area contributed by atoms with E-state index in [0.29, 0.717) is 5.23 Å². The van der Waals surface area contributed by atoms with Crippen molar-refractivity contribution in [3.63, 3.8) is 0 Å². The number of rotatable bonds is 1. The molecule has 9 heteroatoms. The van der Waals surface area contributed by atoms with Crippen LogP contribution < -0.4 is 11.3 Å². The number of nitrogens with one attached hydrogen (secondary N) is 1. The highest BCUT2D eigenvalue weighted by molar-refractivity contribution is 7.89. The fourth-order valence-electron chi connectivity index (χ4n) is 0.542. The molecule has 0 aromatic heterocycles. The lowest BCUT2D eigenvalue weighted by Crippen LogP contribution is -2.43. The van der Waals surface area contributed by atoms with Gasteiger partial charge in [-0.2, -0.15) is 8.42 Å². The number of allylic oxidation sites excluding steroid dienone is 1. The molecule has 7 nitrogen and oxygen atoms in total. The van der Waals surface area contributed by atoms with Crippen molar-refractivity contribution in [3.05, 3.63) is 11.1 Å². The lowest BCUT2D eigenvalue weighted by atomic mass is 10.6. The summed E-state index contributed by atoms with van der Waals surface area (Å²) in [5.41, 5.74) is 2.05. The summed E-state index contributed by atoms with van der Waals surface area (Å²) in [7, 11) is -4.33. The molecule has 0 spiro atoms. The smallest absolute Gasteiger partial charge is 0.281 e. The Bertz CT molecular complexity index is 347. The number of nitrogens with two attached hydrogens (primary N) is 1. The molecule has 4 N–H and O–H groups in total. The molecule has 0 aromatic carbocycles. The SMILES string of the molecule is NN1N=C(Cl)C=C(S(=O)(=O)O)N1. The van der Waals surface area contributed by atoms with E-state index in [4.69, 9.17) is 22.0 Å². The summed E-state index contributed by atoms with van der Waals surface area (Å²) in [5.74, 6) is 5.05. The average molecular weight is 213 g/mol. The highest BCUT2D eigenvalue weighted by atomic mass is 35.5. The largest absolute Gasteiger partial charge is 0.311 e. The van der Waals surface area contributed by atoms with Gasteiger partial charge in [-0.3, -0.25) is 9.98 Å². The molecule has 0 unspecified atom stereocenters. The van der Waals surface area contributed by atoms with Crippen LogP contribution in [0.4, 0.5) is 0 Å². The lowest BCUT2D eigenvalue weighted by molar-refractivity contribution is 0.231. The van der Waals surface area contributed by atoms with Gasteiger partial charge in [0.05, 0.1) is 0 Å². The van der Waals surface area contributed by atoms with Gasteiger partial charge in [-0.05, 0) is 0 Å². The van der Waals surface area contributed by atoms with E-state index in [1.807, 2.05) is 5.43 Å². The zero-order valence-electron chi connectivity index (χ0n) is 5.60. The van der Waals surface area contributed by atoms with E-state index in [1.54, 1.807) is 0 Å². The van der Waals surface area contributed by atoms with Crippen LogP contribution in [0.5, 0.6) is 0 Å². The third-order valence-corrected chi connectivity index (χ3v) is 1.91. The number of nitrogens with zero attached hydrogens (tertiary/aromatic N) is 2. The Hall–Kier alpha value is -0.830. The maximum Gasteiger partial charge on any atom is 0.311 e. The molecule has 0 saturated carbocycles. The molecule has 1 aliphatic rings. The predicted octanol–water partition coefficient (Wildman–Crippen LogP) is -1.04. The van der Waals surface area contributed by atoms with Gasteiger partial charge in [0.25, 0.3) is 0 Å². The summed E-state index contributed by atoms with van der Waals surface area (Å²) in [6.45, 7) is 0. The standard InChI is InChI=1S/C3H5ClN4O3S/c4-2-1-3(12(9,10)11)7-8(5)6-2/h1,7H,5H2,(H,9,10,11). The molecule has 1 heterocycles. The third-order valence-electron chi connectivity index (χ3n) is 0.956. The van der Waals surface area contributed by atoms with Gasteiger partial charge in [0, 0.05) is 6.08 Å². The Labute approximate surface area is 73.2 Å². The van der Waals surface area contributed by atoms with Gasteiger partial charge in [-0.15, -0.1) is 10.3 Å². The van der Waals surface area contributed by atoms with Gasteiger partial charge in [0.2, 0.25) is 0 Å². The number of hydrogen-bond acceptors (Lipinski definition) is 6. The molecule has 12 heavy (non-hydrogen) atoms. The summed E-state index contributed by atoms with van der Waals surface area (Å²) in [6, 6.07) is 0. The maximum atomic E-state index is 10.5. The summed E-state index contributed by atoms with van der Waals surface area (Å²) in [6.07, 6.45) is 0.931. The molecule has 1 rings (SSSR count). The van der Waals surface area contributed by atoms with Crippen LogP contribution in [0.3, 0.4) is 0 Å². The van der Waals surface area contributed by atoms with E-state index in [9.17, 15) is 8.42 Å². The van der Waals surface area contributed by atoms with Gasteiger partial charge >= 0.3 is 10.1 Å². The van der Waals surface area contributed by atoms with Crippen LogP contribution in [0.2, 0.25) is 0 Å². The normalized spacial score (nSPS) is 18.1. The van der Waals surface area contributed by atoms with E-state index in [2.05, 4.69) is 5.10 Å². The maximum absolute atomic E-state index is 10.5. The molecular weight excluding hydrogens is 208 g/mol. The minimum Gasteiger partial charge on any atom is -0.281 e. The van der Waals surface area contributed by atoms with E-state index in [1.165, 1.54) is 0 Å². The zero-order valence-corrected chi connectivity index (χ0v) is 7.17. The van der Waals surface area contributed by atoms with Gasteiger partial charge < -0.3 is 0 Å². The summed E-state index contributed by atoms with van der Waals surface area (Å²) in [5, 5.41) is 3.28. The second-order valence-corrected chi connectivity index (χ2v) is 3.64. The molecule has 0 atom stereocenters. The molecule has 0 radical (unpaired) electrons. The topological polar surface area (TPSA) is 108 Å². The van der Waals surface area contributed by atoms with Crippen LogP contribution in [-0.2, 0) is 10.1 Å². The number of hydrazone groups is 1. The monoisotopic (exact) mass is 212 g/mol. The number of hydrogen-bond donors (Lipinski definition) is 3. The quantitative estimate of drug-likeness (QED) is 0.379. The number of hydrazine groups is 2. The van der Waals surface area contributed by atoms with Crippen molar-refractivity contribution in [2.45, 2.75) is 0 Å². The minimum atomic E-state index is -4.33. The summed E-state index contributed by atoms with van der Waals surface area (Å²) < 4.78 is 29.5. The highest BCUT2D eigenvalue weighted by Crippen LogP contribution is 2.07. The van der Waals surface area contributed by atoms with Crippen molar-refractivity contribution in [2.75, 3.05) is 0 Å². The first kappa shape index (κ1) is 9.26. The molecule has 0 aliphatic carbocycles.